The van der Waals surface area contributed by atoms with E-state index in [-0.39, 0.29) is 30.6 Å². The molecule has 0 aliphatic carbocycles. The molecule has 31 heavy (non-hydrogen) atoms. The van der Waals surface area contributed by atoms with Crippen LogP contribution in [0.3, 0.4) is 0 Å². The van der Waals surface area contributed by atoms with Crippen molar-refractivity contribution in [3.63, 3.8) is 0 Å². The Labute approximate surface area is 180 Å². The molecule has 6 heteroatoms. The normalized spacial score (nSPS) is 23.5. The molecule has 5 nitrogen and oxygen atoms in total. The van der Waals surface area contributed by atoms with Crippen molar-refractivity contribution in [1.82, 2.24) is 10.9 Å². The first-order valence-corrected chi connectivity index (χ1v) is 10.7. The lowest BCUT2D eigenvalue weighted by Gasteiger charge is -2.39. The quantitative estimate of drug-likeness (QED) is 0.662. The van der Waals surface area contributed by atoms with Gasteiger partial charge in [-0.2, -0.15) is 0 Å². The molecule has 2 N–H and O–H groups in total. The maximum Gasteiger partial charge on any atom is 0.231 e. The van der Waals surface area contributed by atoms with Gasteiger partial charge in [0.1, 0.15) is 5.82 Å². The number of hydrogen-bond donors (Lipinski definition) is 2. The number of benzene rings is 3. The molecule has 0 saturated carbocycles. The first kappa shape index (κ1) is 18.7. The fourth-order valence-corrected chi connectivity index (χ4v) is 5.01. The van der Waals surface area contributed by atoms with Crippen LogP contribution in [0, 0.1) is 18.7 Å². The molecule has 158 valence electrons. The van der Waals surface area contributed by atoms with Gasteiger partial charge in [-0.05, 0) is 30.2 Å². The van der Waals surface area contributed by atoms with Crippen molar-refractivity contribution in [2.24, 2.45) is 5.92 Å². The summed E-state index contributed by atoms with van der Waals surface area (Å²) < 4.78 is 25.8. The minimum atomic E-state index is -0.176. The van der Waals surface area contributed by atoms with Gasteiger partial charge in [0.2, 0.25) is 6.79 Å². The van der Waals surface area contributed by atoms with Crippen LogP contribution in [0.2, 0.25) is 0 Å². The fourth-order valence-electron chi connectivity index (χ4n) is 5.01. The van der Waals surface area contributed by atoms with E-state index in [1.807, 2.05) is 18.2 Å². The summed E-state index contributed by atoms with van der Waals surface area (Å²) in [5.74, 6) is 1.62. The van der Waals surface area contributed by atoms with Crippen molar-refractivity contribution in [2.75, 3.05) is 18.2 Å². The third-order valence-corrected chi connectivity index (χ3v) is 6.63. The number of anilines is 1. The van der Waals surface area contributed by atoms with Crippen molar-refractivity contribution in [3.05, 3.63) is 88.7 Å². The van der Waals surface area contributed by atoms with Gasteiger partial charge in [0.05, 0.1) is 12.1 Å². The van der Waals surface area contributed by atoms with E-state index in [1.54, 1.807) is 6.07 Å². The van der Waals surface area contributed by atoms with E-state index in [0.29, 0.717) is 12.1 Å². The summed E-state index contributed by atoms with van der Waals surface area (Å²) in [5, 5.41) is 0. The summed E-state index contributed by atoms with van der Waals surface area (Å²) in [6.07, 6.45) is 0. The van der Waals surface area contributed by atoms with Gasteiger partial charge in [0.25, 0.3) is 0 Å². The Balaban J connectivity index is 1.41. The number of aryl methyl sites for hydroxylation is 1. The number of hydrazine groups is 1. The van der Waals surface area contributed by atoms with Crippen LogP contribution in [-0.2, 0) is 6.54 Å². The lowest BCUT2D eigenvalue weighted by atomic mass is 9.81. The standard InChI is InChI=1S/C25H24FN3O2/c1-15-6-8-16(9-7-15)24-19-13-29(12-17-4-2-3-5-20(17)26)21-11-23-22(30-14-31-23)10-18(21)25(19)28-27-24/h2-11,19,24-25,27-28H,12-14H2,1H3. The molecule has 3 aliphatic rings. The van der Waals surface area contributed by atoms with Crippen molar-refractivity contribution >= 4 is 5.69 Å². The van der Waals surface area contributed by atoms with E-state index in [0.717, 1.165) is 29.3 Å². The molecule has 3 heterocycles. The van der Waals surface area contributed by atoms with Gasteiger partial charge in [-0.3, -0.25) is 0 Å². The third kappa shape index (κ3) is 3.14. The van der Waals surface area contributed by atoms with Crippen LogP contribution < -0.4 is 25.2 Å². The highest BCUT2D eigenvalue weighted by molar-refractivity contribution is 5.66. The molecule has 1 fully saturated rings. The summed E-state index contributed by atoms with van der Waals surface area (Å²) in [6.45, 7) is 3.63. The monoisotopic (exact) mass is 417 g/mol. The molecule has 3 aliphatic heterocycles. The Bertz CT molecular complexity index is 1130. The smallest absolute Gasteiger partial charge is 0.231 e. The van der Waals surface area contributed by atoms with Crippen LogP contribution in [0.4, 0.5) is 10.1 Å². The Morgan fingerprint density at radius 2 is 1.71 bits per heavy atom. The Hall–Kier alpha value is -3.09. The van der Waals surface area contributed by atoms with E-state index in [9.17, 15) is 4.39 Å². The molecule has 3 atom stereocenters. The second-order valence-electron chi connectivity index (χ2n) is 8.55. The van der Waals surface area contributed by atoms with Gasteiger partial charge in [-0.25, -0.2) is 15.2 Å². The molecule has 0 aromatic heterocycles. The number of rotatable bonds is 3. The molecular weight excluding hydrogens is 393 g/mol. The molecule has 0 spiro atoms. The third-order valence-electron chi connectivity index (χ3n) is 6.63. The van der Waals surface area contributed by atoms with E-state index >= 15 is 0 Å². The Morgan fingerprint density at radius 3 is 2.52 bits per heavy atom. The minimum Gasteiger partial charge on any atom is -0.454 e. The summed E-state index contributed by atoms with van der Waals surface area (Å²) in [6, 6.07) is 20.1. The van der Waals surface area contributed by atoms with Gasteiger partial charge in [0, 0.05) is 36.3 Å². The second-order valence-corrected chi connectivity index (χ2v) is 8.55. The number of fused-ring (bicyclic) bond motifs is 4. The van der Waals surface area contributed by atoms with Gasteiger partial charge >= 0.3 is 0 Å². The lowest BCUT2D eigenvalue weighted by molar-refractivity contribution is 0.174. The molecule has 1 saturated heterocycles. The highest BCUT2D eigenvalue weighted by Crippen LogP contribution is 2.49. The predicted octanol–water partition coefficient (Wildman–Crippen LogP) is 4.39. The number of nitrogens with one attached hydrogen (secondary N) is 2. The van der Waals surface area contributed by atoms with Crippen molar-refractivity contribution < 1.29 is 13.9 Å². The van der Waals surface area contributed by atoms with E-state index < -0.39 is 0 Å². The summed E-state index contributed by atoms with van der Waals surface area (Å²) in [7, 11) is 0. The zero-order valence-corrected chi connectivity index (χ0v) is 17.3. The first-order chi connectivity index (χ1) is 15.2. The highest BCUT2D eigenvalue weighted by atomic mass is 19.1. The Kier molecular flexibility index (Phi) is 4.37. The summed E-state index contributed by atoms with van der Waals surface area (Å²) >= 11 is 0. The fraction of sp³-hybridized carbons (Fsp3) is 0.280. The average molecular weight is 417 g/mol. The van der Waals surface area contributed by atoms with E-state index in [4.69, 9.17) is 9.47 Å². The topological polar surface area (TPSA) is 45.8 Å². The molecule has 3 unspecified atom stereocenters. The largest absolute Gasteiger partial charge is 0.454 e. The molecular formula is C25H24FN3O2. The average Bonchev–Trinajstić information content (AvgIpc) is 3.41. The predicted molar refractivity (Wildman–Crippen MR) is 116 cm³/mol. The Morgan fingerprint density at radius 1 is 0.968 bits per heavy atom. The maximum absolute atomic E-state index is 14.5. The molecule has 0 radical (unpaired) electrons. The van der Waals surface area contributed by atoms with Crippen LogP contribution in [0.15, 0.2) is 60.7 Å². The van der Waals surface area contributed by atoms with Crippen LogP contribution in [-0.4, -0.2) is 13.3 Å². The molecule has 6 rings (SSSR count). The zero-order chi connectivity index (χ0) is 20.9. The number of halogens is 1. The molecule has 0 amide bonds. The van der Waals surface area contributed by atoms with Crippen molar-refractivity contribution in [3.8, 4) is 11.5 Å². The van der Waals surface area contributed by atoms with E-state index in [2.05, 4.69) is 53.0 Å². The van der Waals surface area contributed by atoms with E-state index in [1.165, 1.54) is 17.2 Å². The highest BCUT2D eigenvalue weighted by Gasteiger charge is 2.44. The van der Waals surface area contributed by atoms with Gasteiger partial charge in [-0.15, -0.1) is 0 Å². The summed E-state index contributed by atoms with van der Waals surface area (Å²) in [4.78, 5) is 2.27. The summed E-state index contributed by atoms with van der Waals surface area (Å²) in [5.41, 5.74) is 12.4. The maximum atomic E-state index is 14.5. The van der Waals surface area contributed by atoms with Crippen molar-refractivity contribution in [1.29, 1.82) is 0 Å². The molecule has 3 aromatic carbocycles. The zero-order valence-electron chi connectivity index (χ0n) is 17.3. The van der Waals surface area contributed by atoms with Gasteiger partial charge in [-0.1, -0.05) is 48.0 Å². The lowest BCUT2D eigenvalue weighted by Crippen LogP contribution is -2.39. The van der Waals surface area contributed by atoms with Crippen LogP contribution in [0.25, 0.3) is 0 Å². The number of nitrogens with zero attached hydrogens (tertiary/aromatic N) is 1. The van der Waals surface area contributed by atoms with Crippen molar-refractivity contribution in [2.45, 2.75) is 25.6 Å². The van der Waals surface area contributed by atoms with Gasteiger partial charge in [0.15, 0.2) is 11.5 Å². The first-order valence-electron chi connectivity index (χ1n) is 10.7. The molecule has 0 bridgehead atoms. The second kappa shape index (κ2) is 7.25. The molecule has 3 aromatic rings. The van der Waals surface area contributed by atoms with Crippen LogP contribution in [0.5, 0.6) is 11.5 Å². The number of ether oxygens (including phenoxy) is 2. The van der Waals surface area contributed by atoms with Crippen LogP contribution in [0.1, 0.15) is 34.3 Å². The minimum absolute atomic E-state index is 0.132. The SMILES string of the molecule is Cc1ccc(C2NNC3c4cc5c(cc4N(Cc4ccccc4F)CC23)OCO5)cc1. The number of hydrogen-bond acceptors (Lipinski definition) is 5. The van der Waals surface area contributed by atoms with Gasteiger partial charge < -0.3 is 14.4 Å². The van der Waals surface area contributed by atoms with Crippen LogP contribution >= 0.6 is 0 Å².